The number of carbonyl (C=O) groups is 1. The Bertz CT molecular complexity index is 454. The summed E-state index contributed by atoms with van der Waals surface area (Å²) in [6, 6.07) is -0.681. The minimum Gasteiger partial charge on any atom is -0.480 e. The SMILES string of the molecule is Cc1nc(N)nc(N[C@H](CC2CCCCC2)C(=O)O)n1. The van der Waals surface area contributed by atoms with Gasteiger partial charge in [-0.2, -0.15) is 15.0 Å². The van der Waals surface area contributed by atoms with Crippen molar-refractivity contribution in [3.8, 4) is 0 Å². The third-order valence-electron chi connectivity index (χ3n) is 3.66. The molecule has 1 aliphatic rings. The smallest absolute Gasteiger partial charge is 0.326 e. The maximum atomic E-state index is 11.4. The summed E-state index contributed by atoms with van der Waals surface area (Å²) in [6.07, 6.45) is 6.43. The summed E-state index contributed by atoms with van der Waals surface area (Å²) in [5.41, 5.74) is 5.55. The molecule has 1 aromatic heterocycles. The largest absolute Gasteiger partial charge is 0.480 e. The van der Waals surface area contributed by atoms with Crippen LogP contribution < -0.4 is 11.1 Å². The van der Waals surface area contributed by atoms with Crippen molar-refractivity contribution in [3.05, 3.63) is 5.82 Å². The number of hydrogen-bond donors (Lipinski definition) is 3. The zero-order valence-electron chi connectivity index (χ0n) is 11.7. The summed E-state index contributed by atoms with van der Waals surface area (Å²) < 4.78 is 0. The van der Waals surface area contributed by atoms with Crippen LogP contribution in [0.4, 0.5) is 11.9 Å². The first kappa shape index (κ1) is 14.5. The van der Waals surface area contributed by atoms with E-state index in [1.54, 1.807) is 6.92 Å². The summed E-state index contributed by atoms with van der Waals surface area (Å²) in [6.45, 7) is 1.69. The Hall–Kier alpha value is -1.92. The van der Waals surface area contributed by atoms with Crippen molar-refractivity contribution in [1.29, 1.82) is 0 Å². The fourth-order valence-corrected chi connectivity index (χ4v) is 2.70. The molecule has 7 heteroatoms. The lowest BCUT2D eigenvalue weighted by Crippen LogP contribution is -2.33. The van der Waals surface area contributed by atoms with Crippen LogP contribution in [0.3, 0.4) is 0 Å². The van der Waals surface area contributed by atoms with Crippen LogP contribution in [0.2, 0.25) is 0 Å². The van der Waals surface area contributed by atoms with E-state index in [0.717, 1.165) is 12.8 Å². The minimum atomic E-state index is -0.882. The molecule has 7 nitrogen and oxygen atoms in total. The first-order valence-electron chi connectivity index (χ1n) is 7.02. The summed E-state index contributed by atoms with van der Waals surface area (Å²) in [5.74, 6) is 0.381. The predicted molar refractivity (Wildman–Crippen MR) is 75.2 cm³/mol. The predicted octanol–water partition coefficient (Wildman–Crippen LogP) is 1.60. The minimum absolute atomic E-state index is 0.0989. The van der Waals surface area contributed by atoms with Gasteiger partial charge >= 0.3 is 5.97 Å². The molecule has 1 aromatic rings. The number of nitrogens with zero attached hydrogens (tertiary/aromatic N) is 3. The number of nitrogens with two attached hydrogens (primary N) is 1. The molecule has 110 valence electrons. The van der Waals surface area contributed by atoms with E-state index in [-0.39, 0.29) is 11.9 Å². The van der Waals surface area contributed by atoms with Crippen LogP contribution in [0.5, 0.6) is 0 Å². The van der Waals surface area contributed by atoms with Crippen LogP contribution in [0.25, 0.3) is 0 Å². The van der Waals surface area contributed by atoms with E-state index in [1.165, 1.54) is 19.3 Å². The monoisotopic (exact) mass is 279 g/mol. The van der Waals surface area contributed by atoms with Gasteiger partial charge in [-0.1, -0.05) is 32.1 Å². The number of aromatic nitrogens is 3. The maximum absolute atomic E-state index is 11.4. The fraction of sp³-hybridized carbons (Fsp3) is 0.692. The highest BCUT2D eigenvalue weighted by molar-refractivity contribution is 5.76. The van der Waals surface area contributed by atoms with Gasteiger partial charge in [0.2, 0.25) is 11.9 Å². The van der Waals surface area contributed by atoms with Gasteiger partial charge < -0.3 is 16.2 Å². The van der Waals surface area contributed by atoms with E-state index >= 15 is 0 Å². The van der Waals surface area contributed by atoms with Gasteiger partial charge in [-0.3, -0.25) is 0 Å². The number of rotatable bonds is 5. The molecule has 0 spiro atoms. The van der Waals surface area contributed by atoms with Gasteiger partial charge in [0.15, 0.2) is 0 Å². The van der Waals surface area contributed by atoms with Crippen LogP contribution in [-0.2, 0) is 4.79 Å². The van der Waals surface area contributed by atoms with Crippen molar-refractivity contribution in [2.45, 2.75) is 51.5 Å². The number of nitrogen functional groups attached to an aromatic ring is 1. The molecule has 0 aromatic carbocycles. The normalized spacial score (nSPS) is 17.6. The molecule has 0 amide bonds. The second-order valence-corrected chi connectivity index (χ2v) is 5.34. The molecule has 0 aliphatic heterocycles. The molecule has 0 radical (unpaired) electrons. The number of aryl methyl sites for hydroxylation is 1. The topological polar surface area (TPSA) is 114 Å². The highest BCUT2D eigenvalue weighted by Gasteiger charge is 2.24. The Balaban J connectivity index is 2.02. The Morgan fingerprint density at radius 3 is 2.65 bits per heavy atom. The summed E-state index contributed by atoms with van der Waals surface area (Å²) >= 11 is 0. The molecule has 2 rings (SSSR count). The van der Waals surface area contributed by atoms with E-state index < -0.39 is 12.0 Å². The van der Waals surface area contributed by atoms with Gasteiger partial charge in [-0.15, -0.1) is 0 Å². The van der Waals surface area contributed by atoms with Crippen LogP contribution in [-0.4, -0.2) is 32.1 Å². The average Bonchev–Trinajstić information content (AvgIpc) is 2.38. The number of anilines is 2. The van der Waals surface area contributed by atoms with Crippen LogP contribution in [0.15, 0.2) is 0 Å². The van der Waals surface area contributed by atoms with Crippen LogP contribution >= 0.6 is 0 Å². The maximum Gasteiger partial charge on any atom is 0.326 e. The van der Waals surface area contributed by atoms with Crippen LogP contribution in [0.1, 0.15) is 44.3 Å². The molecule has 1 fully saturated rings. The Kier molecular flexibility index (Phi) is 4.70. The van der Waals surface area contributed by atoms with Crippen molar-refractivity contribution in [2.75, 3.05) is 11.1 Å². The van der Waals surface area contributed by atoms with E-state index in [9.17, 15) is 9.90 Å². The standard InChI is InChI=1S/C13H21N5O2/c1-8-15-12(14)18-13(16-8)17-10(11(19)20)7-9-5-3-2-4-6-9/h9-10H,2-7H2,1H3,(H,19,20)(H3,14,15,16,17,18)/t10-/m1/s1. The second-order valence-electron chi connectivity index (χ2n) is 5.34. The molecule has 1 saturated carbocycles. The number of carboxylic acids is 1. The lowest BCUT2D eigenvalue weighted by Gasteiger charge is -2.25. The molecule has 1 aliphatic carbocycles. The lowest BCUT2D eigenvalue weighted by atomic mass is 9.85. The Labute approximate surface area is 118 Å². The summed E-state index contributed by atoms with van der Waals surface area (Å²) in [7, 11) is 0. The Morgan fingerprint density at radius 2 is 2.05 bits per heavy atom. The van der Waals surface area contributed by atoms with Crippen molar-refractivity contribution in [2.24, 2.45) is 5.92 Å². The van der Waals surface area contributed by atoms with Crippen LogP contribution in [0, 0.1) is 12.8 Å². The van der Waals surface area contributed by atoms with Crippen molar-refractivity contribution < 1.29 is 9.90 Å². The highest BCUT2D eigenvalue weighted by Crippen LogP contribution is 2.28. The molecule has 20 heavy (non-hydrogen) atoms. The molecule has 4 N–H and O–H groups in total. The van der Waals surface area contributed by atoms with Crippen molar-refractivity contribution in [1.82, 2.24) is 15.0 Å². The first-order valence-corrected chi connectivity index (χ1v) is 7.02. The van der Waals surface area contributed by atoms with Gasteiger partial charge in [-0.05, 0) is 19.3 Å². The molecule has 0 bridgehead atoms. The third kappa shape index (κ3) is 4.04. The third-order valence-corrected chi connectivity index (χ3v) is 3.66. The van der Waals surface area contributed by atoms with Gasteiger partial charge in [0, 0.05) is 0 Å². The zero-order valence-corrected chi connectivity index (χ0v) is 11.7. The Morgan fingerprint density at radius 1 is 1.35 bits per heavy atom. The molecule has 0 unspecified atom stereocenters. The highest BCUT2D eigenvalue weighted by atomic mass is 16.4. The molecular formula is C13H21N5O2. The number of nitrogens with one attached hydrogen (secondary N) is 1. The van der Waals surface area contributed by atoms with Gasteiger partial charge in [0.1, 0.15) is 11.9 Å². The van der Waals surface area contributed by atoms with Crippen molar-refractivity contribution in [3.63, 3.8) is 0 Å². The van der Waals surface area contributed by atoms with Gasteiger partial charge in [-0.25, -0.2) is 4.79 Å². The fourth-order valence-electron chi connectivity index (χ4n) is 2.70. The molecular weight excluding hydrogens is 258 g/mol. The zero-order chi connectivity index (χ0) is 14.5. The molecule has 0 saturated heterocycles. The first-order chi connectivity index (χ1) is 9.54. The van der Waals surface area contributed by atoms with E-state index in [1.807, 2.05) is 0 Å². The van der Waals surface area contributed by atoms with Crippen molar-refractivity contribution >= 4 is 17.9 Å². The summed E-state index contributed by atoms with van der Waals surface area (Å²) in [4.78, 5) is 23.3. The number of hydrogen-bond acceptors (Lipinski definition) is 6. The number of aliphatic carboxylic acids is 1. The molecule has 1 atom stereocenters. The van der Waals surface area contributed by atoms with E-state index in [0.29, 0.717) is 18.2 Å². The van der Waals surface area contributed by atoms with Gasteiger partial charge in [0.05, 0.1) is 0 Å². The van der Waals surface area contributed by atoms with Gasteiger partial charge in [0.25, 0.3) is 0 Å². The molecule has 1 heterocycles. The number of carboxylic acid groups (broad SMARTS) is 1. The quantitative estimate of drug-likeness (QED) is 0.750. The second kappa shape index (κ2) is 6.49. The summed E-state index contributed by atoms with van der Waals surface area (Å²) in [5, 5.41) is 12.2. The van der Waals surface area contributed by atoms with E-state index in [4.69, 9.17) is 5.73 Å². The lowest BCUT2D eigenvalue weighted by molar-refractivity contribution is -0.138. The average molecular weight is 279 g/mol. The van der Waals surface area contributed by atoms with E-state index in [2.05, 4.69) is 20.3 Å².